The number of hydrogen-bond donors (Lipinski definition) is 0. The number of hydrogen-bond acceptors (Lipinski definition) is 4. The molecule has 0 atom stereocenters. The van der Waals surface area contributed by atoms with Gasteiger partial charge in [0.2, 0.25) is 12.2 Å². The molecule has 78 valence electrons. The van der Waals surface area contributed by atoms with Crippen LogP contribution in [0.1, 0.15) is 40.5 Å². The smallest absolute Gasteiger partial charge is 0.211 e. The largest absolute Gasteiger partial charge is 0.235 e. The maximum Gasteiger partial charge on any atom is 0.235 e. The third-order valence-electron chi connectivity index (χ3n) is 2.05. The molecule has 0 unspecified atom stereocenters. The summed E-state index contributed by atoms with van der Waals surface area (Å²) in [6.45, 7) is 7.38. The molecule has 0 aromatic rings. The highest BCUT2D eigenvalue weighted by Crippen LogP contribution is 2.23. The standard InChI is InChI=1S/C10H16N2O2/c1-9(2,11-7-13)5-6-10(3,4)12-8-14/h5-6H2,1-4H3. The molecule has 4 nitrogen and oxygen atoms in total. The van der Waals surface area contributed by atoms with Crippen molar-refractivity contribution in [2.45, 2.75) is 51.6 Å². The minimum absolute atomic E-state index is 0.433. The highest BCUT2D eigenvalue weighted by Gasteiger charge is 2.23. The van der Waals surface area contributed by atoms with Crippen LogP contribution in [0, 0.1) is 0 Å². The van der Waals surface area contributed by atoms with Gasteiger partial charge in [-0.25, -0.2) is 9.59 Å². The Hall–Kier alpha value is -1.24. The first-order valence-corrected chi connectivity index (χ1v) is 4.51. The van der Waals surface area contributed by atoms with Crippen LogP contribution in [0.25, 0.3) is 0 Å². The first-order valence-electron chi connectivity index (χ1n) is 4.51. The van der Waals surface area contributed by atoms with Gasteiger partial charge in [0, 0.05) is 0 Å². The fraction of sp³-hybridized carbons (Fsp3) is 0.800. The van der Waals surface area contributed by atoms with E-state index in [1.54, 1.807) is 12.2 Å². The maximum atomic E-state index is 10.1. The fourth-order valence-corrected chi connectivity index (χ4v) is 0.971. The summed E-state index contributed by atoms with van der Waals surface area (Å²) in [5, 5.41) is 0. The predicted molar refractivity (Wildman–Crippen MR) is 53.6 cm³/mol. The van der Waals surface area contributed by atoms with Crippen LogP contribution in [0.15, 0.2) is 9.98 Å². The topological polar surface area (TPSA) is 58.9 Å². The van der Waals surface area contributed by atoms with Gasteiger partial charge in [0.25, 0.3) is 0 Å². The van der Waals surface area contributed by atoms with E-state index in [9.17, 15) is 9.59 Å². The van der Waals surface area contributed by atoms with Crippen LogP contribution in [0.5, 0.6) is 0 Å². The van der Waals surface area contributed by atoms with Gasteiger partial charge in [0.15, 0.2) is 0 Å². The summed E-state index contributed by atoms with van der Waals surface area (Å²) in [6, 6.07) is 0. The van der Waals surface area contributed by atoms with E-state index in [1.807, 2.05) is 27.7 Å². The van der Waals surface area contributed by atoms with Crippen LogP contribution in [0.4, 0.5) is 0 Å². The quantitative estimate of drug-likeness (QED) is 0.498. The number of carbonyl (C=O) groups excluding carboxylic acids is 2. The zero-order valence-electron chi connectivity index (χ0n) is 9.13. The third kappa shape index (κ3) is 5.41. The lowest BCUT2D eigenvalue weighted by atomic mass is 9.90. The second-order valence-corrected chi connectivity index (χ2v) is 4.53. The Kier molecular flexibility index (Phi) is 4.42. The zero-order chi connectivity index (χ0) is 11.2. The van der Waals surface area contributed by atoms with Gasteiger partial charge in [0.05, 0.1) is 11.1 Å². The fourth-order valence-electron chi connectivity index (χ4n) is 0.971. The van der Waals surface area contributed by atoms with Gasteiger partial charge in [-0.3, -0.25) is 0 Å². The Morgan fingerprint density at radius 2 is 1.14 bits per heavy atom. The molecular formula is C10H16N2O2. The Bertz CT molecular complexity index is 252. The predicted octanol–water partition coefficient (Wildman–Crippen LogP) is 2.00. The summed E-state index contributed by atoms with van der Waals surface area (Å²) in [6.07, 6.45) is 4.45. The molecule has 0 aliphatic carbocycles. The van der Waals surface area contributed by atoms with Crippen molar-refractivity contribution in [1.29, 1.82) is 0 Å². The molecule has 0 fully saturated rings. The van der Waals surface area contributed by atoms with Crippen LogP contribution in [0.3, 0.4) is 0 Å². The maximum absolute atomic E-state index is 10.1. The summed E-state index contributed by atoms with van der Waals surface area (Å²) in [5.74, 6) is 0. The molecule has 0 aliphatic rings. The van der Waals surface area contributed by atoms with Gasteiger partial charge < -0.3 is 0 Å². The van der Waals surface area contributed by atoms with Crippen molar-refractivity contribution in [2.75, 3.05) is 0 Å². The van der Waals surface area contributed by atoms with E-state index < -0.39 is 11.1 Å². The molecule has 14 heavy (non-hydrogen) atoms. The van der Waals surface area contributed by atoms with Crippen molar-refractivity contribution < 1.29 is 9.59 Å². The second-order valence-electron chi connectivity index (χ2n) is 4.53. The molecular weight excluding hydrogens is 180 g/mol. The number of isocyanates is 2. The van der Waals surface area contributed by atoms with E-state index in [-0.39, 0.29) is 0 Å². The number of aliphatic imine (C=N–C) groups is 2. The Labute approximate surface area is 84.1 Å². The van der Waals surface area contributed by atoms with E-state index >= 15 is 0 Å². The molecule has 0 rings (SSSR count). The normalized spacial score (nSPS) is 11.4. The molecule has 0 heterocycles. The average Bonchev–Trinajstić information content (AvgIpc) is 2.01. The van der Waals surface area contributed by atoms with Crippen molar-refractivity contribution in [3.05, 3.63) is 0 Å². The van der Waals surface area contributed by atoms with E-state index in [0.717, 1.165) is 0 Å². The minimum Gasteiger partial charge on any atom is -0.211 e. The lowest BCUT2D eigenvalue weighted by Crippen LogP contribution is -2.24. The molecule has 0 saturated heterocycles. The molecule has 0 amide bonds. The highest BCUT2D eigenvalue weighted by molar-refractivity contribution is 5.35. The monoisotopic (exact) mass is 196 g/mol. The van der Waals surface area contributed by atoms with Gasteiger partial charge in [0.1, 0.15) is 0 Å². The molecule has 0 bridgehead atoms. The van der Waals surface area contributed by atoms with Crippen molar-refractivity contribution in [3.8, 4) is 0 Å². The summed E-state index contributed by atoms with van der Waals surface area (Å²) in [5.41, 5.74) is -0.866. The van der Waals surface area contributed by atoms with Crippen molar-refractivity contribution in [1.82, 2.24) is 0 Å². The van der Waals surface area contributed by atoms with Gasteiger partial charge in [-0.2, -0.15) is 9.98 Å². The number of rotatable bonds is 5. The third-order valence-corrected chi connectivity index (χ3v) is 2.05. The minimum atomic E-state index is -0.433. The second kappa shape index (κ2) is 4.85. The lowest BCUT2D eigenvalue weighted by molar-refractivity contribution is 0.376. The van der Waals surface area contributed by atoms with Gasteiger partial charge in [-0.05, 0) is 40.5 Å². The molecule has 0 aromatic carbocycles. The zero-order valence-corrected chi connectivity index (χ0v) is 9.13. The summed E-state index contributed by atoms with van der Waals surface area (Å²) in [4.78, 5) is 27.5. The van der Waals surface area contributed by atoms with Crippen molar-refractivity contribution in [3.63, 3.8) is 0 Å². The molecule has 0 aliphatic heterocycles. The lowest BCUT2D eigenvalue weighted by Gasteiger charge is -2.23. The van der Waals surface area contributed by atoms with E-state index in [1.165, 1.54) is 0 Å². The average molecular weight is 196 g/mol. The molecule has 0 aromatic heterocycles. The molecule has 0 spiro atoms. The van der Waals surface area contributed by atoms with Crippen molar-refractivity contribution in [2.24, 2.45) is 9.98 Å². The van der Waals surface area contributed by atoms with Crippen molar-refractivity contribution >= 4 is 12.2 Å². The van der Waals surface area contributed by atoms with Crippen LogP contribution in [0.2, 0.25) is 0 Å². The van der Waals surface area contributed by atoms with Crippen LogP contribution < -0.4 is 0 Å². The Morgan fingerprint density at radius 1 is 0.857 bits per heavy atom. The Morgan fingerprint density at radius 3 is 1.36 bits per heavy atom. The summed E-state index contributed by atoms with van der Waals surface area (Å²) < 4.78 is 0. The van der Waals surface area contributed by atoms with Crippen LogP contribution in [-0.2, 0) is 9.59 Å². The summed E-state index contributed by atoms with van der Waals surface area (Å²) >= 11 is 0. The van der Waals surface area contributed by atoms with E-state index in [4.69, 9.17) is 0 Å². The molecule has 0 N–H and O–H groups in total. The molecule has 4 heteroatoms. The van der Waals surface area contributed by atoms with Gasteiger partial charge in [-0.15, -0.1) is 0 Å². The first-order chi connectivity index (χ1) is 6.33. The van der Waals surface area contributed by atoms with Gasteiger partial charge in [-0.1, -0.05) is 0 Å². The van der Waals surface area contributed by atoms with E-state index in [0.29, 0.717) is 12.8 Å². The first kappa shape index (κ1) is 12.8. The van der Waals surface area contributed by atoms with Crippen LogP contribution >= 0.6 is 0 Å². The van der Waals surface area contributed by atoms with Gasteiger partial charge >= 0.3 is 0 Å². The highest BCUT2D eigenvalue weighted by atomic mass is 16.1. The van der Waals surface area contributed by atoms with Crippen LogP contribution in [-0.4, -0.2) is 23.2 Å². The number of nitrogens with zero attached hydrogens (tertiary/aromatic N) is 2. The van der Waals surface area contributed by atoms with E-state index in [2.05, 4.69) is 9.98 Å². The molecule has 0 radical (unpaired) electrons. The SMILES string of the molecule is CC(C)(CCC(C)(C)N=C=O)N=C=O. The summed E-state index contributed by atoms with van der Waals surface area (Å²) in [7, 11) is 0. The Balaban J connectivity index is 4.30. The molecule has 0 saturated carbocycles.